The first kappa shape index (κ1) is 10.4. The minimum absolute atomic E-state index is 0.0334. The van der Waals surface area contributed by atoms with Crippen LogP contribution in [0.1, 0.15) is 30.5 Å². The van der Waals surface area contributed by atoms with Crippen LogP contribution < -0.4 is 5.73 Å². The number of unbranched alkanes of at least 4 members (excludes halogenated alkanes) is 1. The fourth-order valence-corrected chi connectivity index (χ4v) is 1.13. The number of carbonyl (C=O) groups excluding carboxylic acids is 1. The molecule has 0 aromatic carbocycles. The Morgan fingerprint density at radius 3 is 2.71 bits per heavy atom. The van der Waals surface area contributed by atoms with Crippen molar-refractivity contribution in [3.63, 3.8) is 0 Å². The third kappa shape index (κ3) is 3.38. The number of rotatable bonds is 5. The van der Waals surface area contributed by atoms with Gasteiger partial charge in [-0.3, -0.25) is 14.8 Å². The van der Waals surface area contributed by atoms with Crippen molar-refractivity contribution in [2.75, 3.05) is 0 Å². The summed E-state index contributed by atoms with van der Waals surface area (Å²) < 4.78 is 1.47. The lowest BCUT2D eigenvalue weighted by Gasteiger charge is -2.00. The summed E-state index contributed by atoms with van der Waals surface area (Å²) in [6, 6.07) is 0. The summed E-state index contributed by atoms with van der Waals surface area (Å²) >= 11 is 0. The van der Waals surface area contributed by atoms with Gasteiger partial charge >= 0.3 is 0 Å². The van der Waals surface area contributed by atoms with Gasteiger partial charge in [0, 0.05) is 25.2 Å². The number of nitrogens with two attached hydrogens (primary N) is 1. The van der Waals surface area contributed by atoms with E-state index in [0.717, 1.165) is 12.8 Å². The molecular formula is C9H14N4O. The molecule has 0 fully saturated rings. The van der Waals surface area contributed by atoms with E-state index in [9.17, 15) is 4.79 Å². The van der Waals surface area contributed by atoms with E-state index in [2.05, 4.69) is 4.98 Å². The van der Waals surface area contributed by atoms with Crippen molar-refractivity contribution < 1.29 is 4.79 Å². The van der Waals surface area contributed by atoms with Gasteiger partial charge in [-0.25, -0.2) is 4.98 Å². The number of hydrogen-bond donors (Lipinski definition) is 2. The van der Waals surface area contributed by atoms with Crippen LogP contribution >= 0.6 is 0 Å². The number of imidazole rings is 1. The van der Waals surface area contributed by atoms with Crippen LogP contribution in [0.25, 0.3) is 0 Å². The summed E-state index contributed by atoms with van der Waals surface area (Å²) in [5, 5.41) is 7.00. The number of amidine groups is 1. The minimum Gasteiger partial charge on any atom is -0.388 e. The first-order valence-corrected chi connectivity index (χ1v) is 4.54. The Balaban J connectivity index is 2.19. The zero-order valence-electron chi connectivity index (χ0n) is 7.94. The standard InChI is InChI=1S/C9H14N4O/c10-8(11)3-1-2-4-9(14)13-6-5-12-7-13/h5-7H,1-4H2,(H3,10,11). The predicted molar refractivity (Wildman–Crippen MR) is 53.2 cm³/mol. The number of nitrogens with one attached hydrogen (secondary N) is 1. The van der Waals surface area contributed by atoms with Crippen LogP contribution in [0.15, 0.2) is 18.7 Å². The van der Waals surface area contributed by atoms with E-state index in [0.29, 0.717) is 12.8 Å². The fraction of sp³-hybridized carbons (Fsp3) is 0.444. The number of carbonyl (C=O) groups is 1. The molecule has 1 rings (SSSR count). The second-order valence-corrected chi connectivity index (χ2v) is 3.10. The van der Waals surface area contributed by atoms with Gasteiger partial charge in [0.25, 0.3) is 0 Å². The van der Waals surface area contributed by atoms with Crippen LogP contribution in [-0.2, 0) is 0 Å². The topological polar surface area (TPSA) is 84.8 Å². The van der Waals surface area contributed by atoms with E-state index < -0.39 is 0 Å². The lowest BCUT2D eigenvalue weighted by Crippen LogP contribution is -2.10. The zero-order chi connectivity index (χ0) is 10.4. The Labute approximate surface area is 82.4 Å². The molecule has 14 heavy (non-hydrogen) atoms. The second-order valence-electron chi connectivity index (χ2n) is 3.10. The average molecular weight is 194 g/mol. The molecule has 0 saturated carbocycles. The predicted octanol–water partition coefficient (Wildman–Crippen LogP) is 1.02. The Hall–Kier alpha value is -1.65. The van der Waals surface area contributed by atoms with Gasteiger partial charge in [0.15, 0.2) is 0 Å². The summed E-state index contributed by atoms with van der Waals surface area (Å²) in [5.74, 6) is 0.214. The Bertz CT molecular complexity index is 305. The summed E-state index contributed by atoms with van der Waals surface area (Å²) in [7, 11) is 0. The summed E-state index contributed by atoms with van der Waals surface area (Å²) in [6.07, 6.45) is 7.29. The Morgan fingerprint density at radius 1 is 1.43 bits per heavy atom. The molecule has 1 heterocycles. The third-order valence-corrected chi connectivity index (χ3v) is 1.88. The highest BCUT2D eigenvalue weighted by Crippen LogP contribution is 2.01. The van der Waals surface area contributed by atoms with Crippen molar-refractivity contribution >= 4 is 11.7 Å². The molecule has 0 spiro atoms. The molecule has 1 aromatic rings. The molecule has 5 heteroatoms. The van der Waals surface area contributed by atoms with Crippen molar-refractivity contribution in [3.05, 3.63) is 18.7 Å². The Kier molecular flexibility index (Phi) is 3.84. The largest absolute Gasteiger partial charge is 0.388 e. The van der Waals surface area contributed by atoms with Crippen molar-refractivity contribution in [2.45, 2.75) is 25.7 Å². The lowest BCUT2D eigenvalue weighted by atomic mass is 10.2. The van der Waals surface area contributed by atoms with Crippen LogP contribution in [0.5, 0.6) is 0 Å². The highest BCUT2D eigenvalue weighted by atomic mass is 16.2. The molecule has 0 unspecified atom stereocenters. The van der Waals surface area contributed by atoms with Gasteiger partial charge in [0.2, 0.25) is 5.91 Å². The number of hydrogen-bond acceptors (Lipinski definition) is 3. The third-order valence-electron chi connectivity index (χ3n) is 1.88. The van der Waals surface area contributed by atoms with Gasteiger partial charge < -0.3 is 5.73 Å². The lowest BCUT2D eigenvalue weighted by molar-refractivity contribution is 0.0899. The van der Waals surface area contributed by atoms with Gasteiger partial charge in [-0.15, -0.1) is 0 Å². The molecule has 0 amide bonds. The monoisotopic (exact) mass is 194 g/mol. The van der Waals surface area contributed by atoms with E-state index >= 15 is 0 Å². The van der Waals surface area contributed by atoms with Crippen LogP contribution in [0.4, 0.5) is 0 Å². The molecule has 3 N–H and O–H groups in total. The molecule has 0 aliphatic heterocycles. The summed E-state index contributed by atoms with van der Waals surface area (Å²) in [5.41, 5.74) is 5.19. The highest BCUT2D eigenvalue weighted by Gasteiger charge is 2.02. The van der Waals surface area contributed by atoms with Gasteiger partial charge in [0.1, 0.15) is 6.33 Å². The molecular weight excluding hydrogens is 180 g/mol. The van der Waals surface area contributed by atoms with Gasteiger partial charge in [-0.1, -0.05) is 0 Å². The van der Waals surface area contributed by atoms with E-state index in [-0.39, 0.29) is 11.7 Å². The van der Waals surface area contributed by atoms with Crippen LogP contribution in [-0.4, -0.2) is 21.3 Å². The van der Waals surface area contributed by atoms with Gasteiger partial charge in [0.05, 0.1) is 5.84 Å². The zero-order valence-corrected chi connectivity index (χ0v) is 7.94. The van der Waals surface area contributed by atoms with Crippen molar-refractivity contribution in [2.24, 2.45) is 5.73 Å². The first-order valence-electron chi connectivity index (χ1n) is 4.54. The SMILES string of the molecule is N=C(N)CCCCC(=O)n1ccnc1. The van der Waals surface area contributed by atoms with Crippen molar-refractivity contribution in [1.29, 1.82) is 5.41 Å². The molecule has 5 nitrogen and oxygen atoms in total. The molecule has 0 aliphatic rings. The number of nitrogens with zero attached hydrogens (tertiary/aromatic N) is 2. The van der Waals surface area contributed by atoms with Crippen LogP contribution in [0.2, 0.25) is 0 Å². The number of aromatic nitrogens is 2. The average Bonchev–Trinajstić information content (AvgIpc) is 2.64. The van der Waals surface area contributed by atoms with Crippen molar-refractivity contribution in [1.82, 2.24) is 9.55 Å². The molecule has 0 aliphatic carbocycles. The highest BCUT2D eigenvalue weighted by molar-refractivity contribution is 5.79. The normalized spacial score (nSPS) is 10.0. The molecule has 1 aromatic heterocycles. The maximum atomic E-state index is 11.4. The van der Waals surface area contributed by atoms with E-state index in [1.165, 1.54) is 10.9 Å². The van der Waals surface area contributed by atoms with E-state index in [1.54, 1.807) is 12.4 Å². The molecule has 0 saturated heterocycles. The Morgan fingerprint density at radius 2 is 2.14 bits per heavy atom. The van der Waals surface area contributed by atoms with Crippen LogP contribution in [0, 0.1) is 5.41 Å². The van der Waals surface area contributed by atoms with E-state index in [4.69, 9.17) is 11.1 Å². The minimum atomic E-state index is 0.0334. The fourth-order valence-electron chi connectivity index (χ4n) is 1.13. The first-order chi connectivity index (χ1) is 6.70. The maximum Gasteiger partial charge on any atom is 0.231 e. The van der Waals surface area contributed by atoms with Crippen LogP contribution in [0.3, 0.4) is 0 Å². The smallest absolute Gasteiger partial charge is 0.231 e. The van der Waals surface area contributed by atoms with E-state index in [1.807, 2.05) is 0 Å². The van der Waals surface area contributed by atoms with Gasteiger partial charge in [-0.2, -0.15) is 0 Å². The second kappa shape index (κ2) is 5.16. The van der Waals surface area contributed by atoms with Gasteiger partial charge in [-0.05, 0) is 12.8 Å². The molecule has 76 valence electrons. The maximum absolute atomic E-state index is 11.4. The summed E-state index contributed by atoms with van der Waals surface area (Å²) in [6.45, 7) is 0. The molecule has 0 atom stereocenters. The quantitative estimate of drug-likeness (QED) is 0.417. The van der Waals surface area contributed by atoms with Crippen molar-refractivity contribution in [3.8, 4) is 0 Å². The molecule has 0 radical (unpaired) electrons. The summed E-state index contributed by atoms with van der Waals surface area (Å²) in [4.78, 5) is 15.2. The molecule has 0 bridgehead atoms.